The van der Waals surface area contributed by atoms with Crippen LogP contribution in [0.1, 0.15) is 16.8 Å². The van der Waals surface area contributed by atoms with Gasteiger partial charge in [0.2, 0.25) is 0 Å². The quantitative estimate of drug-likeness (QED) is 0.781. The smallest absolute Gasteiger partial charge is 0.137 e. The third-order valence-corrected chi connectivity index (χ3v) is 3.13. The van der Waals surface area contributed by atoms with E-state index in [2.05, 4.69) is 11.2 Å². The Bertz CT molecular complexity index is 596. The molecule has 3 nitrogen and oxygen atoms in total. The minimum atomic E-state index is 0.322. The number of aromatic nitrogens is 2. The highest BCUT2D eigenvalue weighted by Gasteiger charge is 2.13. The molecule has 0 N–H and O–H groups in total. The molecule has 2 rings (SSSR count). The number of nitriles is 1. The molecule has 0 spiro atoms. The molecular formula is C12H9Cl2N3. The fourth-order valence-corrected chi connectivity index (χ4v) is 2.29. The van der Waals surface area contributed by atoms with Crippen molar-refractivity contribution in [3.05, 3.63) is 46.2 Å². The molecule has 0 aliphatic carbocycles. The lowest BCUT2D eigenvalue weighted by molar-refractivity contribution is 0.863. The van der Waals surface area contributed by atoms with Crippen molar-refractivity contribution in [3.8, 4) is 11.8 Å². The number of halogens is 2. The zero-order valence-electron chi connectivity index (χ0n) is 9.11. The predicted octanol–water partition coefficient (Wildman–Crippen LogP) is 3.44. The first-order valence-corrected chi connectivity index (χ1v) is 5.89. The maximum absolute atomic E-state index is 8.85. The van der Waals surface area contributed by atoms with E-state index in [-0.39, 0.29) is 0 Å². The number of benzene rings is 1. The highest BCUT2D eigenvalue weighted by Crippen LogP contribution is 2.25. The molecule has 0 aliphatic rings. The molecule has 86 valence electrons. The maximum atomic E-state index is 8.85. The van der Waals surface area contributed by atoms with Gasteiger partial charge in [-0.3, -0.25) is 0 Å². The molecule has 0 atom stereocenters. The minimum absolute atomic E-state index is 0.322. The van der Waals surface area contributed by atoms with E-state index in [9.17, 15) is 0 Å². The second-order valence-electron chi connectivity index (χ2n) is 3.56. The molecule has 0 saturated carbocycles. The molecular weight excluding hydrogens is 257 g/mol. The van der Waals surface area contributed by atoms with Gasteiger partial charge in [-0.05, 0) is 25.1 Å². The van der Waals surface area contributed by atoms with Gasteiger partial charge in [0.15, 0.2) is 0 Å². The highest BCUT2D eigenvalue weighted by atomic mass is 35.5. The van der Waals surface area contributed by atoms with Gasteiger partial charge in [0.25, 0.3) is 0 Å². The lowest BCUT2D eigenvalue weighted by Crippen LogP contribution is -1.97. The van der Waals surface area contributed by atoms with Crippen molar-refractivity contribution in [2.24, 2.45) is 0 Å². The summed E-state index contributed by atoms with van der Waals surface area (Å²) >= 11 is 12.0. The molecule has 0 radical (unpaired) electrons. The Balaban J connectivity index is 2.57. The molecule has 2 aromatic rings. The highest BCUT2D eigenvalue weighted by molar-refractivity contribution is 6.31. The van der Waals surface area contributed by atoms with Gasteiger partial charge < -0.3 is 0 Å². The molecule has 0 amide bonds. The number of rotatable bonds is 2. The van der Waals surface area contributed by atoms with E-state index in [1.165, 1.54) is 0 Å². The summed E-state index contributed by atoms with van der Waals surface area (Å²) in [5, 5.41) is 13.7. The fourth-order valence-electron chi connectivity index (χ4n) is 1.56. The molecule has 0 unspecified atom stereocenters. The predicted molar refractivity (Wildman–Crippen MR) is 67.6 cm³/mol. The van der Waals surface area contributed by atoms with Crippen molar-refractivity contribution in [2.75, 3.05) is 0 Å². The molecule has 1 aromatic heterocycles. The Morgan fingerprint density at radius 3 is 2.82 bits per heavy atom. The number of hydrogen-bond donors (Lipinski definition) is 0. The monoisotopic (exact) mass is 265 g/mol. The van der Waals surface area contributed by atoms with Crippen LogP contribution in [0.4, 0.5) is 0 Å². The third-order valence-electron chi connectivity index (χ3n) is 2.48. The Morgan fingerprint density at radius 2 is 2.24 bits per heavy atom. The standard InChI is InChI=1S/C12H9Cl2N3/c1-8-11(6-13)12(14)17(16-8)10-4-2-3-9(5-10)7-15/h2-5H,6H2,1H3. The average molecular weight is 266 g/mol. The molecule has 1 aromatic carbocycles. The van der Waals surface area contributed by atoms with Gasteiger partial charge in [0.1, 0.15) is 5.15 Å². The summed E-state index contributed by atoms with van der Waals surface area (Å²) in [6.45, 7) is 1.86. The van der Waals surface area contributed by atoms with E-state index in [4.69, 9.17) is 28.5 Å². The summed E-state index contributed by atoms with van der Waals surface area (Å²) in [4.78, 5) is 0. The lowest BCUT2D eigenvalue weighted by atomic mass is 10.2. The fraction of sp³-hybridized carbons (Fsp3) is 0.167. The summed E-state index contributed by atoms with van der Waals surface area (Å²) in [7, 11) is 0. The Labute approximate surface area is 109 Å². The van der Waals surface area contributed by atoms with Gasteiger partial charge in [-0.15, -0.1) is 11.6 Å². The van der Waals surface area contributed by atoms with Crippen molar-refractivity contribution >= 4 is 23.2 Å². The van der Waals surface area contributed by atoms with Crippen LogP contribution in [0, 0.1) is 18.3 Å². The second-order valence-corrected chi connectivity index (χ2v) is 4.19. The number of alkyl halides is 1. The van der Waals surface area contributed by atoms with E-state index >= 15 is 0 Å². The molecule has 0 saturated heterocycles. The minimum Gasteiger partial charge on any atom is -0.222 e. The molecule has 0 aliphatic heterocycles. The van der Waals surface area contributed by atoms with Crippen LogP contribution in [0.3, 0.4) is 0 Å². The number of aryl methyl sites for hydroxylation is 1. The third kappa shape index (κ3) is 2.14. The zero-order chi connectivity index (χ0) is 12.4. The van der Waals surface area contributed by atoms with Crippen molar-refractivity contribution in [3.63, 3.8) is 0 Å². The molecule has 5 heteroatoms. The van der Waals surface area contributed by atoms with E-state index in [1.54, 1.807) is 22.9 Å². The van der Waals surface area contributed by atoms with Gasteiger partial charge >= 0.3 is 0 Å². The summed E-state index contributed by atoms with van der Waals surface area (Å²) in [5.41, 5.74) is 2.94. The SMILES string of the molecule is Cc1nn(-c2cccc(C#N)c2)c(Cl)c1CCl. The van der Waals surface area contributed by atoms with E-state index in [0.29, 0.717) is 16.6 Å². The van der Waals surface area contributed by atoms with E-state index in [0.717, 1.165) is 16.9 Å². The van der Waals surface area contributed by atoms with Crippen molar-refractivity contribution < 1.29 is 0 Å². The molecule has 0 fully saturated rings. The van der Waals surface area contributed by atoms with Gasteiger partial charge in [-0.25, -0.2) is 4.68 Å². The van der Waals surface area contributed by atoms with Crippen LogP contribution >= 0.6 is 23.2 Å². The number of nitrogens with zero attached hydrogens (tertiary/aromatic N) is 3. The number of hydrogen-bond acceptors (Lipinski definition) is 2. The van der Waals surface area contributed by atoms with Crippen molar-refractivity contribution in [1.82, 2.24) is 9.78 Å². The lowest BCUT2D eigenvalue weighted by Gasteiger charge is -2.03. The van der Waals surface area contributed by atoms with Crippen LogP contribution in [-0.2, 0) is 5.88 Å². The van der Waals surface area contributed by atoms with Crippen LogP contribution in [0.2, 0.25) is 5.15 Å². The first-order valence-electron chi connectivity index (χ1n) is 4.98. The van der Waals surface area contributed by atoms with Gasteiger partial charge in [-0.2, -0.15) is 10.4 Å². The van der Waals surface area contributed by atoms with Gasteiger partial charge in [0, 0.05) is 5.56 Å². The Hall–Kier alpha value is -1.50. The van der Waals surface area contributed by atoms with Crippen molar-refractivity contribution in [1.29, 1.82) is 5.26 Å². The van der Waals surface area contributed by atoms with Gasteiger partial charge in [0.05, 0.1) is 28.9 Å². The van der Waals surface area contributed by atoms with Crippen LogP contribution in [-0.4, -0.2) is 9.78 Å². The second kappa shape index (κ2) is 4.79. The summed E-state index contributed by atoms with van der Waals surface area (Å²) in [6.07, 6.45) is 0. The average Bonchev–Trinajstić information content (AvgIpc) is 2.64. The van der Waals surface area contributed by atoms with E-state index < -0.39 is 0 Å². The Kier molecular flexibility index (Phi) is 3.37. The zero-order valence-corrected chi connectivity index (χ0v) is 10.6. The van der Waals surface area contributed by atoms with Crippen LogP contribution in [0.25, 0.3) is 5.69 Å². The topological polar surface area (TPSA) is 41.6 Å². The van der Waals surface area contributed by atoms with Crippen molar-refractivity contribution in [2.45, 2.75) is 12.8 Å². The summed E-state index contributed by atoms with van der Waals surface area (Å²) < 4.78 is 1.59. The van der Waals surface area contributed by atoms with Crippen LogP contribution in [0.15, 0.2) is 24.3 Å². The first-order chi connectivity index (χ1) is 8.17. The van der Waals surface area contributed by atoms with Gasteiger partial charge in [-0.1, -0.05) is 17.7 Å². The summed E-state index contributed by atoms with van der Waals surface area (Å²) in [6, 6.07) is 9.18. The molecule has 1 heterocycles. The van der Waals surface area contributed by atoms with Crippen LogP contribution in [0.5, 0.6) is 0 Å². The van der Waals surface area contributed by atoms with E-state index in [1.807, 2.05) is 13.0 Å². The Morgan fingerprint density at radius 1 is 1.47 bits per heavy atom. The van der Waals surface area contributed by atoms with Crippen LogP contribution < -0.4 is 0 Å². The summed E-state index contributed by atoms with van der Waals surface area (Å²) in [5.74, 6) is 0.322. The largest absolute Gasteiger partial charge is 0.222 e. The molecule has 17 heavy (non-hydrogen) atoms. The molecule has 0 bridgehead atoms. The normalized spacial score (nSPS) is 10.2. The first kappa shape index (κ1) is 12.0. The maximum Gasteiger partial charge on any atom is 0.137 e.